The quantitative estimate of drug-likeness (QED) is 0.851. The molecule has 0 aliphatic heterocycles. The molecular weight excluding hydrogens is 280 g/mol. The molecule has 2 aromatic rings. The summed E-state index contributed by atoms with van der Waals surface area (Å²) in [6.45, 7) is 3.39. The summed E-state index contributed by atoms with van der Waals surface area (Å²) in [6.07, 6.45) is 0. The topological polar surface area (TPSA) is 51.2 Å². The van der Waals surface area contributed by atoms with Crippen molar-refractivity contribution in [3.63, 3.8) is 0 Å². The average Bonchev–Trinajstić information content (AvgIpc) is 2.68. The molecule has 2 rings (SSSR count). The van der Waals surface area contributed by atoms with Gasteiger partial charge in [-0.2, -0.15) is 0 Å². The van der Waals surface area contributed by atoms with Crippen LogP contribution in [-0.4, -0.2) is 0 Å². The molecule has 0 saturated heterocycles. The van der Waals surface area contributed by atoms with Crippen LogP contribution in [-0.2, 0) is 13.1 Å². The Hall–Kier alpha value is -1.26. The third kappa shape index (κ3) is 3.35. The number of nitrogen functional groups attached to an aromatic ring is 1. The van der Waals surface area contributed by atoms with Gasteiger partial charge < -0.3 is 15.5 Å². The monoisotopic (exact) mass is 294 g/mol. The van der Waals surface area contributed by atoms with Crippen molar-refractivity contribution < 1.29 is 4.42 Å². The smallest absolute Gasteiger partial charge is 0.117 e. The van der Waals surface area contributed by atoms with Crippen LogP contribution in [0.4, 0.5) is 5.69 Å². The van der Waals surface area contributed by atoms with E-state index in [0.29, 0.717) is 6.54 Å². The van der Waals surface area contributed by atoms with Crippen molar-refractivity contribution in [2.45, 2.75) is 20.0 Å². The minimum atomic E-state index is 0.712. The van der Waals surface area contributed by atoms with Crippen molar-refractivity contribution in [3.8, 4) is 0 Å². The summed E-state index contributed by atoms with van der Waals surface area (Å²) >= 11 is 3.39. The van der Waals surface area contributed by atoms with Gasteiger partial charge in [0.05, 0.1) is 6.54 Å². The van der Waals surface area contributed by atoms with Gasteiger partial charge in [0.25, 0.3) is 0 Å². The fraction of sp³-hybridized carbons (Fsp3) is 0.231. The molecular formula is C13H15BrN2O. The first-order valence-corrected chi connectivity index (χ1v) is 6.24. The maximum absolute atomic E-state index is 5.91. The van der Waals surface area contributed by atoms with Crippen molar-refractivity contribution in [2.75, 3.05) is 5.73 Å². The molecule has 0 saturated carbocycles. The SMILES string of the molecule is Cc1ccc(CNCc2ccc(Br)cc2N)o1. The second kappa shape index (κ2) is 5.38. The highest BCUT2D eigenvalue weighted by atomic mass is 79.9. The molecule has 0 amide bonds. The Morgan fingerprint density at radius 3 is 2.71 bits per heavy atom. The molecule has 0 fully saturated rings. The molecule has 0 atom stereocenters. The van der Waals surface area contributed by atoms with Gasteiger partial charge in [-0.15, -0.1) is 0 Å². The number of halogens is 1. The van der Waals surface area contributed by atoms with E-state index in [4.69, 9.17) is 10.2 Å². The van der Waals surface area contributed by atoms with Crippen molar-refractivity contribution in [3.05, 3.63) is 51.9 Å². The molecule has 3 nitrogen and oxygen atoms in total. The Bertz CT molecular complexity index is 508. The molecule has 3 N–H and O–H groups in total. The lowest BCUT2D eigenvalue weighted by Crippen LogP contribution is -2.13. The van der Waals surface area contributed by atoms with Gasteiger partial charge in [0.15, 0.2) is 0 Å². The Morgan fingerprint density at radius 2 is 2.06 bits per heavy atom. The predicted octanol–water partition coefficient (Wildman–Crippen LogP) is 3.22. The Balaban J connectivity index is 1.90. The number of hydrogen-bond acceptors (Lipinski definition) is 3. The van der Waals surface area contributed by atoms with E-state index >= 15 is 0 Å². The van der Waals surface area contributed by atoms with Crippen LogP contribution in [0.15, 0.2) is 39.2 Å². The standard InChI is InChI=1S/C13H15BrN2O/c1-9-2-5-12(17-9)8-16-7-10-3-4-11(14)6-13(10)15/h2-6,16H,7-8,15H2,1H3. The Kier molecular flexibility index (Phi) is 3.86. The second-order valence-electron chi connectivity index (χ2n) is 3.96. The molecule has 1 aromatic heterocycles. The minimum absolute atomic E-state index is 0.712. The summed E-state index contributed by atoms with van der Waals surface area (Å²) in [5, 5.41) is 3.30. The summed E-state index contributed by atoms with van der Waals surface area (Å²) in [5.74, 6) is 1.88. The van der Waals surface area contributed by atoms with E-state index in [-0.39, 0.29) is 0 Å². The summed E-state index contributed by atoms with van der Waals surface area (Å²) in [7, 11) is 0. The number of benzene rings is 1. The fourth-order valence-electron chi connectivity index (χ4n) is 1.63. The maximum atomic E-state index is 5.91. The van der Waals surface area contributed by atoms with Gasteiger partial charge in [0.1, 0.15) is 11.5 Å². The van der Waals surface area contributed by atoms with Gasteiger partial charge in [-0.1, -0.05) is 22.0 Å². The molecule has 0 aliphatic rings. The van der Waals surface area contributed by atoms with E-state index in [9.17, 15) is 0 Å². The van der Waals surface area contributed by atoms with E-state index in [2.05, 4.69) is 21.2 Å². The van der Waals surface area contributed by atoms with Crippen LogP contribution in [0.1, 0.15) is 17.1 Å². The number of hydrogen-bond donors (Lipinski definition) is 2. The third-order valence-electron chi connectivity index (χ3n) is 2.52. The lowest BCUT2D eigenvalue weighted by molar-refractivity contribution is 0.462. The number of anilines is 1. The first-order chi connectivity index (χ1) is 8.15. The van der Waals surface area contributed by atoms with Crippen LogP contribution in [0.2, 0.25) is 0 Å². The lowest BCUT2D eigenvalue weighted by Gasteiger charge is -2.07. The van der Waals surface area contributed by atoms with Crippen LogP contribution in [0.25, 0.3) is 0 Å². The van der Waals surface area contributed by atoms with Crippen LogP contribution in [0, 0.1) is 6.92 Å². The number of furan rings is 1. The highest BCUT2D eigenvalue weighted by Crippen LogP contribution is 2.18. The molecule has 0 radical (unpaired) electrons. The average molecular weight is 295 g/mol. The fourth-order valence-corrected chi connectivity index (χ4v) is 2.01. The van der Waals surface area contributed by atoms with Gasteiger partial charge in [-0.25, -0.2) is 0 Å². The van der Waals surface area contributed by atoms with Gasteiger partial charge in [0, 0.05) is 16.7 Å². The summed E-state index contributed by atoms with van der Waals surface area (Å²) in [4.78, 5) is 0. The van der Waals surface area contributed by atoms with Crippen LogP contribution >= 0.6 is 15.9 Å². The van der Waals surface area contributed by atoms with Crippen LogP contribution in [0.3, 0.4) is 0 Å². The highest BCUT2D eigenvalue weighted by Gasteiger charge is 2.01. The molecule has 90 valence electrons. The van der Waals surface area contributed by atoms with Gasteiger partial charge in [-0.3, -0.25) is 0 Å². The van der Waals surface area contributed by atoms with Crippen LogP contribution in [0.5, 0.6) is 0 Å². The van der Waals surface area contributed by atoms with Crippen molar-refractivity contribution >= 4 is 21.6 Å². The molecule has 1 aromatic carbocycles. The van der Waals surface area contributed by atoms with Crippen molar-refractivity contribution in [1.29, 1.82) is 0 Å². The van der Waals surface area contributed by atoms with E-state index < -0.39 is 0 Å². The maximum Gasteiger partial charge on any atom is 0.117 e. The molecule has 4 heteroatoms. The zero-order valence-electron chi connectivity index (χ0n) is 9.66. The van der Waals surface area contributed by atoms with Crippen molar-refractivity contribution in [2.24, 2.45) is 0 Å². The van der Waals surface area contributed by atoms with E-state index in [1.54, 1.807) is 0 Å². The Morgan fingerprint density at radius 1 is 1.24 bits per heavy atom. The van der Waals surface area contributed by atoms with Crippen molar-refractivity contribution in [1.82, 2.24) is 5.32 Å². The lowest BCUT2D eigenvalue weighted by atomic mass is 10.2. The Labute approximate surface area is 109 Å². The summed E-state index contributed by atoms with van der Waals surface area (Å²) < 4.78 is 6.47. The number of nitrogens with two attached hydrogens (primary N) is 1. The zero-order chi connectivity index (χ0) is 12.3. The zero-order valence-corrected chi connectivity index (χ0v) is 11.3. The molecule has 1 heterocycles. The minimum Gasteiger partial charge on any atom is -0.465 e. The summed E-state index contributed by atoms with van der Waals surface area (Å²) in [5.41, 5.74) is 7.80. The van der Waals surface area contributed by atoms with Gasteiger partial charge >= 0.3 is 0 Å². The normalized spacial score (nSPS) is 10.7. The highest BCUT2D eigenvalue weighted by molar-refractivity contribution is 9.10. The number of nitrogens with one attached hydrogen (secondary N) is 1. The largest absolute Gasteiger partial charge is 0.465 e. The molecule has 0 bridgehead atoms. The molecule has 0 spiro atoms. The van der Waals surface area contributed by atoms with Crippen LogP contribution < -0.4 is 11.1 Å². The third-order valence-corrected chi connectivity index (χ3v) is 3.01. The first-order valence-electron chi connectivity index (χ1n) is 5.45. The molecule has 0 unspecified atom stereocenters. The first kappa shape index (κ1) is 12.2. The summed E-state index contributed by atoms with van der Waals surface area (Å²) in [6, 6.07) is 9.86. The molecule has 17 heavy (non-hydrogen) atoms. The van der Waals surface area contributed by atoms with E-state index in [1.165, 1.54) is 0 Å². The van der Waals surface area contributed by atoms with E-state index in [0.717, 1.165) is 33.8 Å². The van der Waals surface area contributed by atoms with Gasteiger partial charge in [-0.05, 0) is 36.8 Å². The molecule has 0 aliphatic carbocycles. The van der Waals surface area contributed by atoms with Gasteiger partial charge in [0.2, 0.25) is 0 Å². The predicted molar refractivity (Wildman–Crippen MR) is 72.5 cm³/mol. The number of rotatable bonds is 4. The van der Waals surface area contributed by atoms with E-state index in [1.807, 2.05) is 37.3 Å². The second-order valence-corrected chi connectivity index (χ2v) is 4.87. The number of aryl methyl sites for hydroxylation is 1.